The molecule has 0 saturated carbocycles. The summed E-state index contributed by atoms with van der Waals surface area (Å²) in [4.78, 5) is 12.8. The molecule has 0 atom stereocenters. The SMILES string of the molecule is COc1ccc(C(C)(C)C)cc1NC(=O)c1cccc(OC)c1OC. The van der Waals surface area contributed by atoms with Crippen LogP contribution >= 0.6 is 0 Å². The maximum atomic E-state index is 12.8. The van der Waals surface area contributed by atoms with E-state index < -0.39 is 0 Å². The van der Waals surface area contributed by atoms with E-state index in [9.17, 15) is 4.79 Å². The second kappa shape index (κ2) is 7.47. The molecule has 2 rings (SSSR count). The average molecular weight is 343 g/mol. The Morgan fingerprint density at radius 2 is 1.60 bits per heavy atom. The van der Waals surface area contributed by atoms with Gasteiger partial charge in [0.25, 0.3) is 5.91 Å². The maximum absolute atomic E-state index is 12.8. The fourth-order valence-corrected chi connectivity index (χ4v) is 2.53. The fraction of sp³-hybridized carbons (Fsp3) is 0.350. The molecule has 0 radical (unpaired) electrons. The number of methoxy groups -OCH3 is 3. The summed E-state index contributed by atoms with van der Waals surface area (Å²) in [5, 5.41) is 2.92. The van der Waals surface area contributed by atoms with Gasteiger partial charge in [-0.05, 0) is 35.2 Å². The molecule has 0 aliphatic heterocycles. The van der Waals surface area contributed by atoms with Gasteiger partial charge >= 0.3 is 0 Å². The number of amides is 1. The highest BCUT2D eigenvalue weighted by Gasteiger charge is 2.20. The normalized spacial score (nSPS) is 11.0. The predicted octanol–water partition coefficient (Wildman–Crippen LogP) is 4.26. The van der Waals surface area contributed by atoms with Gasteiger partial charge in [0.2, 0.25) is 0 Å². The third-order valence-electron chi connectivity index (χ3n) is 3.96. The summed E-state index contributed by atoms with van der Waals surface area (Å²) in [5.41, 5.74) is 2.07. The summed E-state index contributed by atoms with van der Waals surface area (Å²) in [7, 11) is 4.62. The molecule has 1 N–H and O–H groups in total. The number of carbonyl (C=O) groups is 1. The Balaban J connectivity index is 2.41. The van der Waals surface area contributed by atoms with Crippen molar-refractivity contribution in [1.29, 1.82) is 0 Å². The zero-order chi connectivity index (χ0) is 18.6. The molecule has 0 heterocycles. The van der Waals surface area contributed by atoms with Gasteiger partial charge in [0.1, 0.15) is 5.75 Å². The lowest BCUT2D eigenvalue weighted by molar-refractivity contribution is 0.102. The molecule has 0 bridgehead atoms. The van der Waals surface area contributed by atoms with Crippen molar-refractivity contribution in [1.82, 2.24) is 0 Å². The summed E-state index contributed by atoms with van der Waals surface area (Å²) in [6.45, 7) is 6.35. The summed E-state index contributed by atoms with van der Waals surface area (Å²) >= 11 is 0. The minimum Gasteiger partial charge on any atom is -0.495 e. The number of anilines is 1. The van der Waals surface area contributed by atoms with Crippen LogP contribution in [0.2, 0.25) is 0 Å². The molecule has 2 aromatic rings. The van der Waals surface area contributed by atoms with E-state index in [1.54, 1.807) is 25.3 Å². The number of nitrogens with one attached hydrogen (secondary N) is 1. The highest BCUT2D eigenvalue weighted by Crippen LogP contribution is 2.34. The molecule has 0 spiro atoms. The van der Waals surface area contributed by atoms with Gasteiger partial charge in [-0.25, -0.2) is 0 Å². The van der Waals surface area contributed by atoms with E-state index in [0.29, 0.717) is 28.5 Å². The first-order valence-corrected chi connectivity index (χ1v) is 8.02. The first-order chi connectivity index (χ1) is 11.8. The molecule has 0 fully saturated rings. The van der Waals surface area contributed by atoms with Crippen molar-refractivity contribution < 1.29 is 19.0 Å². The second-order valence-electron chi connectivity index (χ2n) is 6.66. The van der Waals surface area contributed by atoms with Crippen molar-refractivity contribution in [2.45, 2.75) is 26.2 Å². The largest absolute Gasteiger partial charge is 0.495 e. The van der Waals surface area contributed by atoms with Gasteiger partial charge in [0, 0.05) is 0 Å². The Morgan fingerprint density at radius 3 is 2.16 bits per heavy atom. The van der Waals surface area contributed by atoms with Crippen LogP contribution in [0.5, 0.6) is 17.2 Å². The molecule has 0 unspecified atom stereocenters. The summed E-state index contributed by atoms with van der Waals surface area (Å²) in [6.07, 6.45) is 0. The Hall–Kier alpha value is -2.69. The standard InChI is InChI=1S/C20H25NO4/c1-20(2,3)13-10-11-16(23-4)15(12-13)21-19(22)14-8-7-9-17(24-5)18(14)25-6/h7-12H,1-6H3,(H,21,22). The lowest BCUT2D eigenvalue weighted by Gasteiger charge is -2.21. The molecule has 25 heavy (non-hydrogen) atoms. The average Bonchev–Trinajstić information content (AvgIpc) is 2.59. The van der Waals surface area contributed by atoms with E-state index in [2.05, 4.69) is 26.1 Å². The summed E-state index contributed by atoms with van der Waals surface area (Å²) in [5.74, 6) is 1.21. The molecule has 0 aliphatic rings. The first-order valence-electron chi connectivity index (χ1n) is 8.02. The molecule has 5 nitrogen and oxygen atoms in total. The van der Waals surface area contributed by atoms with E-state index in [-0.39, 0.29) is 11.3 Å². The number of benzene rings is 2. The van der Waals surface area contributed by atoms with Crippen LogP contribution in [-0.2, 0) is 5.41 Å². The predicted molar refractivity (Wildman–Crippen MR) is 99.2 cm³/mol. The van der Waals surface area contributed by atoms with Crippen molar-refractivity contribution in [2.75, 3.05) is 26.6 Å². The van der Waals surface area contributed by atoms with Crippen LogP contribution in [-0.4, -0.2) is 27.2 Å². The van der Waals surface area contributed by atoms with Gasteiger partial charge in [0.15, 0.2) is 11.5 Å². The monoisotopic (exact) mass is 343 g/mol. The molecule has 1 amide bonds. The van der Waals surface area contributed by atoms with E-state index in [1.165, 1.54) is 14.2 Å². The Morgan fingerprint density at radius 1 is 0.920 bits per heavy atom. The van der Waals surface area contributed by atoms with Crippen LogP contribution in [0.15, 0.2) is 36.4 Å². The smallest absolute Gasteiger partial charge is 0.259 e. The molecular weight excluding hydrogens is 318 g/mol. The van der Waals surface area contributed by atoms with Gasteiger partial charge in [0.05, 0.1) is 32.6 Å². The van der Waals surface area contributed by atoms with E-state index in [4.69, 9.17) is 14.2 Å². The zero-order valence-electron chi connectivity index (χ0n) is 15.6. The van der Waals surface area contributed by atoms with Crippen LogP contribution in [0, 0.1) is 0 Å². The van der Waals surface area contributed by atoms with Crippen LogP contribution < -0.4 is 19.5 Å². The van der Waals surface area contributed by atoms with Crippen LogP contribution in [0.4, 0.5) is 5.69 Å². The summed E-state index contributed by atoms with van der Waals surface area (Å²) < 4.78 is 16.0. The quantitative estimate of drug-likeness (QED) is 0.881. The van der Waals surface area contributed by atoms with Crippen molar-refractivity contribution in [3.63, 3.8) is 0 Å². The Kier molecular flexibility index (Phi) is 5.57. The number of rotatable bonds is 5. The third-order valence-corrected chi connectivity index (χ3v) is 3.96. The topological polar surface area (TPSA) is 56.8 Å². The number of ether oxygens (including phenoxy) is 3. The van der Waals surface area contributed by atoms with Crippen LogP contribution in [0.3, 0.4) is 0 Å². The minimum absolute atomic E-state index is 0.0423. The van der Waals surface area contributed by atoms with Crippen molar-refractivity contribution in [3.05, 3.63) is 47.5 Å². The molecule has 5 heteroatoms. The van der Waals surface area contributed by atoms with Crippen LogP contribution in [0.25, 0.3) is 0 Å². The van der Waals surface area contributed by atoms with E-state index in [0.717, 1.165) is 5.56 Å². The van der Waals surface area contributed by atoms with Gasteiger partial charge in [-0.2, -0.15) is 0 Å². The number of hydrogen-bond acceptors (Lipinski definition) is 4. The molecular formula is C20H25NO4. The number of carbonyl (C=O) groups excluding carboxylic acids is 1. The first kappa shape index (κ1) is 18.6. The number of hydrogen-bond donors (Lipinski definition) is 1. The number of para-hydroxylation sites is 1. The van der Waals surface area contributed by atoms with Gasteiger partial charge in [-0.3, -0.25) is 4.79 Å². The van der Waals surface area contributed by atoms with Crippen molar-refractivity contribution >= 4 is 11.6 Å². The molecule has 2 aromatic carbocycles. The molecule has 134 valence electrons. The van der Waals surface area contributed by atoms with Gasteiger partial charge in [-0.15, -0.1) is 0 Å². The minimum atomic E-state index is -0.292. The second-order valence-corrected chi connectivity index (χ2v) is 6.66. The van der Waals surface area contributed by atoms with E-state index in [1.807, 2.05) is 18.2 Å². The molecule has 0 aromatic heterocycles. The maximum Gasteiger partial charge on any atom is 0.259 e. The lowest BCUT2D eigenvalue weighted by atomic mass is 9.87. The molecule has 0 saturated heterocycles. The fourth-order valence-electron chi connectivity index (χ4n) is 2.53. The highest BCUT2D eigenvalue weighted by molar-refractivity contribution is 6.07. The Bertz CT molecular complexity index is 763. The van der Waals surface area contributed by atoms with Gasteiger partial charge in [-0.1, -0.05) is 32.9 Å². The lowest BCUT2D eigenvalue weighted by Crippen LogP contribution is -2.16. The third kappa shape index (κ3) is 4.05. The van der Waals surface area contributed by atoms with Gasteiger partial charge < -0.3 is 19.5 Å². The highest BCUT2D eigenvalue weighted by atomic mass is 16.5. The summed E-state index contributed by atoms with van der Waals surface area (Å²) in [6, 6.07) is 11.0. The van der Waals surface area contributed by atoms with E-state index >= 15 is 0 Å². The van der Waals surface area contributed by atoms with Crippen LogP contribution in [0.1, 0.15) is 36.7 Å². The van der Waals surface area contributed by atoms with Crippen molar-refractivity contribution in [3.8, 4) is 17.2 Å². The molecule has 0 aliphatic carbocycles. The Labute approximate surface area is 148 Å². The zero-order valence-corrected chi connectivity index (χ0v) is 15.6. The van der Waals surface area contributed by atoms with Crippen molar-refractivity contribution in [2.24, 2.45) is 0 Å².